The summed E-state index contributed by atoms with van der Waals surface area (Å²) in [5, 5.41) is 3.17. The fourth-order valence-corrected chi connectivity index (χ4v) is 1.43. The maximum absolute atomic E-state index is 5.75. The predicted molar refractivity (Wildman–Crippen MR) is 68.6 cm³/mol. The molecule has 0 saturated carbocycles. The van der Waals surface area contributed by atoms with Crippen molar-refractivity contribution >= 4 is 0 Å². The highest BCUT2D eigenvalue weighted by Crippen LogP contribution is 2.07. The van der Waals surface area contributed by atoms with Crippen LogP contribution in [0.25, 0.3) is 0 Å². The largest absolute Gasteiger partial charge is 0.401 e. The summed E-state index contributed by atoms with van der Waals surface area (Å²) in [5.74, 6) is 0. The van der Waals surface area contributed by atoms with Gasteiger partial charge in [-0.25, -0.2) is 0 Å². The van der Waals surface area contributed by atoms with Crippen LogP contribution in [0.4, 0.5) is 0 Å². The van der Waals surface area contributed by atoms with Crippen molar-refractivity contribution in [1.82, 2.24) is 5.32 Å². The van der Waals surface area contributed by atoms with Crippen LogP contribution in [0.2, 0.25) is 0 Å². The molecule has 1 aromatic carbocycles. The van der Waals surface area contributed by atoms with Gasteiger partial charge in [-0.15, -0.1) is 0 Å². The van der Waals surface area contributed by atoms with E-state index in [0.29, 0.717) is 12.2 Å². The number of hydrogen-bond donors (Lipinski definition) is 3. The van der Waals surface area contributed by atoms with Crippen LogP contribution in [0.3, 0.4) is 0 Å². The normalized spacial score (nSPS) is 11.8. The average Bonchev–Trinajstić information content (AvgIpc) is 2.29. The monoisotopic (exact) mass is 217 g/mol. The van der Waals surface area contributed by atoms with Crippen molar-refractivity contribution in [2.24, 2.45) is 11.5 Å². The second-order valence-electron chi connectivity index (χ2n) is 3.77. The van der Waals surface area contributed by atoms with Gasteiger partial charge in [0.2, 0.25) is 0 Å². The van der Waals surface area contributed by atoms with Crippen LogP contribution in [0, 0.1) is 0 Å². The van der Waals surface area contributed by atoms with E-state index in [0.717, 1.165) is 12.1 Å². The molecule has 3 nitrogen and oxygen atoms in total. The number of rotatable bonds is 6. The van der Waals surface area contributed by atoms with Gasteiger partial charge in [-0.1, -0.05) is 43.5 Å². The van der Waals surface area contributed by atoms with Crippen LogP contribution in [-0.4, -0.2) is 12.6 Å². The zero-order valence-corrected chi connectivity index (χ0v) is 9.45. The number of hydrogen-bond acceptors (Lipinski definition) is 3. The maximum Gasteiger partial charge on any atom is 0.0689 e. The van der Waals surface area contributed by atoms with Crippen molar-refractivity contribution in [1.29, 1.82) is 0 Å². The minimum absolute atomic E-state index is 0.0153. The van der Waals surface area contributed by atoms with Gasteiger partial charge in [0, 0.05) is 17.9 Å². The Hall–Kier alpha value is -1.74. The number of benzene rings is 1. The average molecular weight is 217 g/mol. The third kappa shape index (κ3) is 3.79. The molecule has 5 N–H and O–H groups in total. The van der Waals surface area contributed by atoms with Crippen molar-refractivity contribution < 1.29 is 0 Å². The molecular formula is C13H19N3. The van der Waals surface area contributed by atoms with Crippen LogP contribution >= 0.6 is 0 Å². The molecule has 0 aromatic heterocycles. The number of nitrogens with two attached hydrogens (primary N) is 2. The zero-order valence-electron chi connectivity index (χ0n) is 9.45. The highest BCUT2D eigenvalue weighted by Gasteiger charge is 2.10. The molecule has 0 radical (unpaired) electrons. The smallest absolute Gasteiger partial charge is 0.0689 e. The zero-order chi connectivity index (χ0) is 12.0. The van der Waals surface area contributed by atoms with Gasteiger partial charge >= 0.3 is 0 Å². The van der Waals surface area contributed by atoms with Crippen molar-refractivity contribution in [2.45, 2.75) is 12.5 Å². The molecular weight excluding hydrogens is 198 g/mol. The van der Waals surface area contributed by atoms with Crippen molar-refractivity contribution in [3.05, 3.63) is 60.4 Å². The Bertz CT molecular complexity index is 357. The Kier molecular flexibility index (Phi) is 4.61. The molecule has 0 saturated heterocycles. The lowest BCUT2D eigenvalue weighted by Gasteiger charge is -2.20. The van der Waals surface area contributed by atoms with E-state index in [1.54, 1.807) is 0 Å². The maximum atomic E-state index is 5.75. The Morgan fingerprint density at radius 2 is 1.88 bits per heavy atom. The molecule has 86 valence electrons. The van der Waals surface area contributed by atoms with E-state index in [9.17, 15) is 0 Å². The van der Waals surface area contributed by atoms with Crippen molar-refractivity contribution in [3.8, 4) is 0 Å². The van der Waals surface area contributed by atoms with E-state index >= 15 is 0 Å². The van der Waals surface area contributed by atoms with E-state index in [-0.39, 0.29) is 6.04 Å². The van der Waals surface area contributed by atoms with E-state index in [1.807, 2.05) is 18.2 Å². The molecule has 1 aromatic rings. The first-order valence-corrected chi connectivity index (χ1v) is 5.26. The molecule has 1 unspecified atom stereocenters. The van der Waals surface area contributed by atoms with E-state index in [4.69, 9.17) is 11.5 Å². The van der Waals surface area contributed by atoms with E-state index in [2.05, 4.69) is 30.6 Å². The standard InChI is InChI=1S/C13H19N3/c1-10(9-14)16-13(11(2)15)8-12-6-4-3-5-7-12/h3-7,13,16H,1-2,8-9,14-15H2. The summed E-state index contributed by atoms with van der Waals surface area (Å²) in [6.07, 6.45) is 0.787. The Morgan fingerprint density at radius 1 is 1.25 bits per heavy atom. The molecule has 0 heterocycles. The molecule has 0 bridgehead atoms. The number of nitrogens with one attached hydrogen (secondary N) is 1. The summed E-state index contributed by atoms with van der Waals surface area (Å²) < 4.78 is 0. The summed E-state index contributed by atoms with van der Waals surface area (Å²) in [4.78, 5) is 0. The van der Waals surface area contributed by atoms with Gasteiger partial charge in [0.1, 0.15) is 0 Å². The summed E-state index contributed by atoms with van der Waals surface area (Å²) >= 11 is 0. The van der Waals surface area contributed by atoms with Crippen LogP contribution in [0.15, 0.2) is 54.9 Å². The Labute approximate surface area is 96.8 Å². The van der Waals surface area contributed by atoms with Crippen LogP contribution in [0.5, 0.6) is 0 Å². The molecule has 0 aliphatic carbocycles. The molecule has 1 rings (SSSR count). The topological polar surface area (TPSA) is 64.1 Å². The highest BCUT2D eigenvalue weighted by molar-refractivity contribution is 5.20. The molecule has 0 aliphatic heterocycles. The third-order valence-corrected chi connectivity index (χ3v) is 2.35. The predicted octanol–water partition coefficient (Wildman–Crippen LogP) is 1.13. The first-order chi connectivity index (χ1) is 7.63. The lowest BCUT2D eigenvalue weighted by atomic mass is 10.0. The van der Waals surface area contributed by atoms with E-state index in [1.165, 1.54) is 5.56 Å². The van der Waals surface area contributed by atoms with Gasteiger partial charge in [-0.3, -0.25) is 0 Å². The van der Waals surface area contributed by atoms with Gasteiger partial charge < -0.3 is 16.8 Å². The fourth-order valence-electron chi connectivity index (χ4n) is 1.43. The Morgan fingerprint density at radius 3 is 2.38 bits per heavy atom. The molecule has 0 spiro atoms. The first kappa shape index (κ1) is 12.3. The van der Waals surface area contributed by atoms with E-state index < -0.39 is 0 Å². The quantitative estimate of drug-likeness (QED) is 0.669. The van der Waals surface area contributed by atoms with Gasteiger partial charge in [0.25, 0.3) is 0 Å². The summed E-state index contributed by atoms with van der Waals surface area (Å²) in [6, 6.07) is 10.1. The molecule has 3 heteroatoms. The summed E-state index contributed by atoms with van der Waals surface area (Å²) in [7, 11) is 0. The molecule has 16 heavy (non-hydrogen) atoms. The van der Waals surface area contributed by atoms with Gasteiger partial charge in [-0.05, 0) is 12.0 Å². The lowest BCUT2D eigenvalue weighted by molar-refractivity contribution is 0.623. The minimum atomic E-state index is -0.0153. The SMILES string of the molecule is C=C(CN)NC(Cc1ccccc1)C(=C)N. The molecule has 1 atom stereocenters. The fraction of sp³-hybridized carbons (Fsp3) is 0.231. The molecule has 0 amide bonds. The lowest BCUT2D eigenvalue weighted by Crippen LogP contribution is -2.36. The molecule has 0 fully saturated rings. The van der Waals surface area contributed by atoms with Crippen molar-refractivity contribution in [3.63, 3.8) is 0 Å². The van der Waals surface area contributed by atoms with Crippen molar-refractivity contribution in [2.75, 3.05) is 6.54 Å². The third-order valence-electron chi connectivity index (χ3n) is 2.35. The van der Waals surface area contributed by atoms with Gasteiger partial charge in [0.15, 0.2) is 0 Å². The summed E-state index contributed by atoms with van der Waals surface area (Å²) in [5.41, 5.74) is 13.8. The first-order valence-electron chi connectivity index (χ1n) is 5.26. The highest BCUT2D eigenvalue weighted by atomic mass is 15.0. The summed E-state index contributed by atoms with van der Waals surface area (Å²) in [6.45, 7) is 7.98. The second-order valence-corrected chi connectivity index (χ2v) is 3.77. The van der Waals surface area contributed by atoms with Crippen LogP contribution < -0.4 is 16.8 Å². The van der Waals surface area contributed by atoms with Crippen LogP contribution in [-0.2, 0) is 6.42 Å². The Balaban J connectivity index is 2.65. The molecule has 0 aliphatic rings. The van der Waals surface area contributed by atoms with Gasteiger partial charge in [-0.2, -0.15) is 0 Å². The minimum Gasteiger partial charge on any atom is -0.401 e. The van der Waals surface area contributed by atoms with Gasteiger partial charge in [0.05, 0.1) is 6.04 Å². The second kappa shape index (κ2) is 5.98. The van der Waals surface area contributed by atoms with Crippen LogP contribution in [0.1, 0.15) is 5.56 Å².